The number of piperidine rings is 2. The van der Waals surface area contributed by atoms with Crippen molar-refractivity contribution < 1.29 is 49.9 Å². The summed E-state index contributed by atoms with van der Waals surface area (Å²) in [7, 11) is 3.79. The first-order valence-corrected chi connectivity index (χ1v) is 27.0. The highest BCUT2D eigenvalue weighted by Crippen LogP contribution is 2.34. The molecule has 0 saturated carbocycles. The molecule has 22 heteroatoms. The molecule has 0 bridgehead atoms. The van der Waals surface area contributed by atoms with Gasteiger partial charge in [0.1, 0.15) is 0 Å². The molecule has 0 unspecified atom stereocenters. The average molecular weight is 1140 g/mol. The van der Waals surface area contributed by atoms with Crippen molar-refractivity contribution in [2.45, 2.75) is 64.0 Å². The van der Waals surface area contributed by atoms with Gasteiger partial charge in [-0.25, -0.2) is 9.59 Å². The molecular formula is C61H57F6N11O5. The zero-order valence-corrected chi connectivity index (χ0v) is 45.3. The van der Waals surface area contributed by atoms with Gasteiger partial charge in [-0.2, -0.15) is 36.5 Å². The summed E-state index contributed by atoms with van der Waals surface area (Å²) in [6.07, 6.45) is -0.156. The number of nitrogens with one attached hydrogen (secondary N) is 1. The Balaban J connectivity index is 0.000000185. The standard InChI is InChI=1S/C31H30F3N5O3.C30H27F3N6O2/c1-37-27-17-24(12-13-25(27)18-36-37)23-6-5-7-26(16-23)39(30(42)38-14-3-2-4-15-38)20-21-8-10-22(11-9-21)28(40)19-35-29(41)31(32,33)34;1-37-26-17-23(12-13-24(26)18-34-37)22-6-5-7-25(16-22)39(29(40)38-14-3-2-4-15-38)19-20-8-10-21(11-9-20)27-35-36-28(41-27)30(31,32)33/h5-13,16-18H,2-4,14-15,19-20H2,1H3,(H,35,41);5-13,16-18H,2-4,14-15,19H2,1H3. The molecule has 5 heterocycles. The normalized spacial score (nSPS) is 13.8. The van der Waals surface area contributed by atoms with E-state index in [0.29, 0.717) is 37.4 Å². The van der Waals surface area contributed by atoms with Gasteiger partial charge in [-0.05, 0) is 120 Å². The number of anilines is 2. The van der Waals surface area contributed by atoms with Crippen molar-refractivity contribution in [3.05, 3.63) is 168 Å². The molecule has 0 aliphatic carbocycles. The zero-order chi connectivity index (χ0) is 58.4. The van der Waals surface area contributed by atoms with Crippen LogP contribution in [0.1, 0.15) is 65.9 Å². The van der Waals surface area contributed by atoms with Crippen LogP contribution in [-0.2, 0) is 38.2 Å². The number of aryl methyl sites for hydroxylation is 2. The van der Waals surface area contributed by atoms with Crippen LogP contribution in [0.5, 0.6) is 0 Å². The number of nitrogens with zero attached hydrogens (tertiary/aromatic N) is 10. The molecule has 3 aromatic heterocycles. The van der Waals surface area contributed by atoms with Crippen LogP contribution in [-0.4, -0.2) is 102 Å². The molecule has 2 aliphatic heterocycles. The number of carbonyl (C=O) groups is 4. The Hall–Kier alpha value is -9.34. The summed E-state index contributed by atoms with van der Waals surface area (Å²) in [5, 5.41) is 18.9. The number of aromatic nitrogens is 6. The highest BCUT2D eigenvalue weighted by atomic mass is 19.4. The van der Waals surface area contributed by atoms with Crippen molar-refractivity contribution in [2.24, 2.45) is 14.1 Å². The van der Waals surface area contributed by atoms with E-state index in [0.717, 1.165) is 99.4 Å². The lowest BCUT2D eigenvalue weighted by molar-refractivity contribution is -0.173. The van der Waals surface area contributed by atoms with Crippen LogP contribution in [0.2, 0.25) is 0 Å². The topological polar surface area (TPSA) is 168 Å². The summed E-state index contributed by atoms with van der Waals surface area (Å²) in [6, 6.07) is 40.7. The first-order valence-electron chi connectivity index (χ1n) is 27.0. The van der Waals surface area contributed by atoms with Crippen LogP contribution in [0.3, 0.4) is 0 Å². The Bertz CT molecular complexity index is 3790. The molecule has 0 radical (unpaired) electrons. The minimum Gasteiger partial charge on any atom is -0.413 e. The van der Waals surface area contributed by atoms with Crippen molar-refractivity contribution in [1.29, 1.82) is 0 Å². The van der Waals surface area contributed by atoms with Gasteiger partial charge in [-0.3, -0.25) is 28.8 Å². The third kappa shape index (κ3) is 13.4. The lowest BCUT2D eigenvalue weighted by Gasteiger charge is -2.33. The van der Waals surface area contributed by atoms with Gasteiger partial charge in [0.2, 0.25) is 5.89 Å². The van der Waals surface area contributed by atoms with E-state index in [1.807, 2.05) is 118 Å². The molecule has 9 aromatic rings. The zero-order valence-electron chi connectivity index (χ0n) is 45.3. The highest BCUT2D eigenvalue weighted by Gasteiger charge is 2.39. The fraction of sp³-hybridized carbons (Fsp3) is 0.279. The second-order valence-electron chi connectivity index (χ2n) is 20.4. The molecular weight excluding hydrogens is 1080 g/mol. The van der Waals surface area contributed by atoms with Crippen molar-refractivity contribution in [3.8, 4) is 33.7 Å². The second kappa shape index (κ2) is 24.4. The number of benzene rings is 6. The number of fused-ring (bicyclic) bond motifs is 2. The third-order valence-corrected chi connectivity index (χ3v) is 14.7. The van der Waals surface area contributed by atoms with E-state index in [4.69, 9.17) is 4.42 Å². The van der Waals surface area contributed by atoms with E-state index in [1.54, 1.807) is 51.5 Å². The van der Waals surface area contributed by atoms with Gasteiger partial charge in [-0.15, -0.1) is 10.2 Å². The maximum Gasteiger partial charge on any atom is 0.471 e. The first-order chi connectivity index (χ1) is 39.9. The predicted molar refractivity (Wildman–Crippen MR) is 301 cm³/mol. The average Bonchev–Trinajstić information content (AvgIpc) is 4.49. The largest absolute Gasteiger partial charge is 0.471 e. The summed E-state index contributed by atoms with van der Waals surface area (Å²) in [4.78, 5) is 58.2. The number of likely N-dealkylation sites (tertiary alicyclic amines) is 2. The van der Waals surface area contributed by atoms with E-state index in [1.165, 1.54) is 12.1 Å². The molecule has 1 N–H and O–H groups in total. The van der Waals surface area contributed by atoms with Crippen LogP contribution < -0.4 is 15.1 Å². The number of urea groups is 2. The van der Waals surface area contributed by atoms with Gasteiger partial charge in [0.15, 0.2) is 5.78 Å². The molecule has 0 atom stereocenters. The fourth-order valence-corrected chi connectivity index (χ4v) is 10.1. The van der Waals surface area contributed by atoms with Gasteiger partial charge in [0.25, 0.3) is 0 Å². The van der Waals surface area contributed by atoms with Gasteiger partial charge in [0.05, 0.1) is 43.1 Å². The quantitative estimate of drug-likeness (QED) is 0.0924. The molecule has 83 heavy (non-hydrogen) atoms. The summed E-state index contributed by atoms with van der Waals surface area (Å²) < 4.78 is 84.4. The molecule has 2 saturated heterocycles. The molecule has 428 valence electrons. The lowest BCUT2D eigenvalue weighted by Crippen LogP contribution is -2.45. The van der Waals surface area contributed by atoms with Gasteiger partial charge in [-0.1, -0.05) is 84.9 Å². The van der Waals surface area contributed by atoms with E-state index in [2.05, 4.69) is 32.5 Å². The van der Waals surface area contributed by atoms with Crippen molar-refractivity contribution >= 4 is 56.9 Å². The van der Waals surface area contributed by atoms with Crippen molar-refractivity contribution in [3.63, 3.8) is 0 Å². The van der Waals surface area contributed by atoms with E-state index in [-0.39, 0.29) is 36.6 Å². The van der Waals surface area contributed by atoms with Crippen LogP contribution >= 0.6 is 0 Å². The molecule has 5 amide bonds. The Morgan fingerprint density at radius 2 is 0.988 bits per heavy atom. The van der Waals surface area contributed by atoms with E-state index in [9.17, 15) is 45.5 Å². The summed E-state index contributed by atoms with van der Waals surface area (Å²) >= 11 is 0. The summed E-state index contributed by atoms with van der Waals surface area (Å²) in [6.45, 7) is 2.46. The lowest BCUT2D eigenvalue weighted by atomic mass is 10.0. The Kier molecular flexibility index (Phi) is 16.7. The maximum atomic E-state index is 13.8. The number of amides is 5. The van der Waals surface area contributed by atoms with Gasteiger partial charge >= 0.3 is 36.2 Å². The number of rotatable bonds is 12. The highest BCUT2D eigenvalue weighted by molar-refractivity contribution is 6.00. The summed E-state index contributed by atoms with van der Waals surface area (Å²) in [5.74, 6) is -4.43. The molecule has 0 spiro atoms. The number of ketones is 1. The van der Waals surface area contributed by atoms with Crippen LogP contribution in [0, 0.1) is 0 Å². The number of hydrogen-bond acceptors (Lipinski definition) is 9. The Morgan fingerprint density at radius 1 is 0.542 bits per heavy atom. The molecule has 6 aromatic carbocycles. The molecule has 2 fully saturated rings. The second-order valence-corrected chi connectivity index (χ2v) is 20.4. The minimum atomic E-state index is -5.06. The maximum absolute atomic E-state index is 13.8. The molecule has 16 nitrogen and oxygen atoms in total. The number of halogens is 6. The predicted octanol–water partition coefficient (Wildman–Crippen LogP) is 12.6. The summed E-state index contributed by atoms with van der Waals surface area (Å²) in [5.41, 5.74) is 9.42. The number of hydrogen-bond donors (Lipinski definition) is 1. The minimum absolute atomic E-state index is 0.0836. The SMILES string of the molecule is Cn1ncc2ccc(-c3cccc(N(Cc4ccc(-c5nnc(C(F)(F)F)o5)cc4)C(=O)N4CCCCC4)c3)cc21.Cn1ncc2ccc(-c3cccc(N(Cc4ccc(C(=O)CNC(=O)C(F)(F)F)cc4)C(=O)N4CCCCC4)c3)cc21. The van der Waals surface area contributed by atoms with Crippen molar-refractivity contribution in [2.75, 3.05) is 42.5 Å². The molecule has 2 aliphatic rings. The Morgan fingerprint density at radius 3 is 1.43 bits per heavy atom. The van der Waals surface area contributed by atoms with Gasteiger partial charge < -0.3 is 19.5 Å². The van der Waals surface area contributed by atoms with Gasteiger partial charge in [0, 0.05) is 73.5 Å². The molecule has 11 rings (SSSR count). The number of Topliss-reactive ketones (excluding diaryl/α,β-unsaturated/α-hetero) is 1. The van der Waals surface area contributed by atoms with E-state index >= 15 is 0 Å². The van der Waals surface area contributed by atoms with E-state index < -0.39 is 36.5 Å². The Labute approximate surface area is 472 Å². The third-order valence-electron chi connectivity index (χ3n) is 14.7. The fourth-order valence-electron chi connectivity index (χ4n) is 10.1. The van der Waals surface area contributed by atoms with Crippen molar-refractivity contribution in [1.82, 2.24) is 44.9 Å². The van der Waals surface area contributed by atoms with Crippen LogP contribution in [0.4, 0.5) is 47.3 Å². The monoisotopic (exact) mass is 1140 g/mol. The smallest absolute Gasteiger partial charge is 0.413 e. The number of carbonyl (C=O) groups excluding carboxylic acids is 4. The first kappa shape index (κ1) is 56.9. The van der Waals surface area contributed by atoms with Crippen LogP contribution in [0.15, 0.2) is 150 Å². The number of alkyl halides is 6. The van der Waals surface area contributed by atoms with Crippen LogP contribution in [0.25, 0.3) is 55.5 Å².